The van der Waals surface area contributed by atoms with E-state index in [1.54, 1.807) is 11.3 Å². The molecule has 2 aromatic carbocycles. The maximum Gasteiger partial charge on any atom is 0.510 e. The first-order valence-corrected chi connectivity index (χ1v) is 16.0. The smallest absolute Gasteiger partial charge is 0.494 e. The van der Waals surface area contributed by atoms with Gasteiger partial charge in [0.05, 0.1) is 18.9 Å². The first kappa shape index (κ1) is 30.2. The van der Waals surface area contributed by atoms with Crippen molar-refractivity contribution >= 4 is 44.9 Å². The molecule has 0 aliphatic carbocycles. The standard InChI is InChI=1S/C33H43N3O5S/c1-4-5-19-40-32(38)41-24-36-29-22-25(11-12-27(29)33(2,3)23-31(36)37)39-20-7-6-14-34-15-17-35(18-16-34)28-9-8-10-30-26(28)13-21-42-30/h8-13,21-22H,4-7,14-20,23-24H2,1-3H3. The Bertz CT molecular complexity index is 1360. The van der Waals surface area contributed by atoms with Gasteiger partial charge in [-0.1, -0.05) is 39.3 Å². The van der Waals surface area contributed by atoms with E-state index in [-0.39, 0.29) is 18.1 Å². The molecular formula is C33H43N3O5S. The number of anilines is 2. The fourth-order valence-corrected chi connectivity index (χ4v) is 6.60. The van der Waals surface area contributed by atoms with Gasteiger partial charge in [-0.15, -0.1) is 11.3 Å². The number of ether oxygens (including phenoxy) is 3. The SMILES string of the molecule is CCCCOC(=O)OCN1C(=O)CC(C)(C)c2ccc(OCCCCN3CCN(c4cccc5sccc45)CC3)cc21. The van der Waals surface area contributed by atoms with Crippen molar-refractivity contribution in [1.29, 1.82) is 0 Å². The number of hydrogen-bond donors (Lipinski definition) is 0. The van der Waals surface area contributed by atoms with Crippen molar-refractivity contribution < 1.29 is 23.8 Å². The molecule has 42 heavy (non-hydrogen) atoms. The minimum atomic E-state index is -0.753. The van der Waals surface area contributed by atoms with Gasteiger partial charge >= 0.3 is 6.16 Å². The number of fused-ring (bicyclic) bond motifs is 2. The van der Waals surface area contributed by atoms with Crippen molar-refractivity contribution in [2.24, 2.45) is 0 Å². The van der Waals surface area contributed by atoms with Crippen molar-refractivity contribution in [3.8, 4) is 5.75 Å². The van der Waals surface area contributed by atoms with Gasteiger partial charge in [0, 0.05) is 59.9 Å². The third-order valence-corrected chi connectivity index (χ3v) is 9.12. The fraction of sp³-hybridized carbons (Fsp3) is 0.515. The van der Waals surface area contributed by atoms with Crippen LogP contribution in [-0.2, 0) is 19.7 Å². The second-order valence-corrected chi connectivity index (χ2v) is 12.7. The summed E-state index contributed by atoms with van der Waals surface area (Å²) < 4.78 is 17.8. The highest BCUT2D eigenvalue weighted by atomic mass is 32.1. The zero-order chi connectivity index (χ0) is 29.5. The zero-order valence-electron chi connectivity index (χ0n) is 25.1. The summed E-state index contributed by atoms with van der Waals surface area (Å²) in [5, 5.41) is 3.54. The summed E-state index contributed by atoms with van der Waals surface area (Å²) in [6.07, 6.45) is 3.30. The predicted molar refractivity (Wildman–Crippen MR) is 169 cm³/mol. The van der Waals surface area contributed by atoms with Crippen LogP contribution in [0.5, 0.6) is 5.75 Å². The summed E-state index contributed by atoms with van der Waals surface area (Å²) in [7, 11) is 0. The van der Waals surface area contributed by atoms with Gasteiger partial charge in [-0.05, 0) is 61.0 Å². The molecule has 226 valence electrons. The summed E-state index contributed by atoms with van der Waals surface area (Å²) in [5.74, 6) is 0.629. The lowest BCUT2D eigenvalue weighted by molar-refractivity contribution is -0.121. The number of nitrogens with zero attached hydrogens (tertiary/aromatic N) is 3. The lowest BCUT2D eigenvalue weighted by Crippen LogP contribution is -2.46. The van der Waals surface area contributed by atoms with Crippen LogP contribution in [0.3, 0.4) is 0 Å². The van der Waals surface area contributed by atoms with E-state index in [1.165, 1.54) is 20.7 Å². The van der Waals surface area contributed by atoms with Crippen LogP contribution in [0.15, 0.2) is 47.8 Å². The van der Waals surface area contributed by atoms with E-state index in [0.29, 0.717) is 25.4 Å². The minimum absolute atomic E-state index is 0.0851. The molecule has 1 aromatic heterocycles. The molecule has 2 aliphatic heterocycles. The van der Waals surface area contributed by atoms with Crippen LogP contribution in [0.2, 0.25) is 0 Å². The number of benzene rings is 2. The summed E-state index contributed by atoms with van der Waals surface area (Å²) >= 11 is 1.80. The fourth-order valence-electron chi connectivity index (χ4n) is 5.79. The molecule has 0 unspecified atom stereocenters. The Balaban J connectivity index is 1.08. The average molecular weight is 594 g/mol. The predicted octanol–water partition coefficient (Wildman–Crippen LogP) is 6.81. The van der Waals surface area contributed by atoms with E-state index in [4.69, 9.17) is 14.2 Å². The summed E-state index contributed by atoms with van der Waals surface area (Å²) in [5.41, 5.74) is 2.80. The summed E-state index contributed by atoms with van der Waals surface area (Å²) in [6.45, 7) is 12.2. The number of hydrogen-bond acceptors (Lipinski definition) is 8. The van der Waals surface area contributed by atoms with E-state index in [2.05, 4.69) is 53.3 Å². The van der Waals surface area contributed by atoms with E-state index in [1.807, 2.05) is 25.1 Å². The zero-order valence-corrected chi connectivity index (χ0v) is 25.9. The van der Waals surface area contributed by atoms with E-state index in [0.717, 1.165) is 69.7 Å². The quantitative estimate of drug-likeness (QED) is 0.169. The molecule has 1 fully saturated rings. The van der Waals surface area contributed by atoms with E-state index >= 15 is 0 Å². The number of rotatable bonds is 12. The second-order valence-electron chi connectivity index (χ2n) is 11.8. The van der Waals surface area contributed by atoms with Gasteiger partial charge in [-0.25, -0.2) is 4.79 Å². The molecule has 0 radical (unpaired) electrons. The average Bonchev–Trinajstić information content (AvgIpc) is 3.46. The van der Waals surface area contributed by atoms with Crippen LogP contribution >= 0.6 is 11.3 Å². The molecule has 0 spiro atoms. The molecule has 2 aliphatic rings. The van der Waals surface area contributed by atoms with Crippen molar-refractivity contribution in [3.05, 3.63) is 53.4 Å². The molecule has 0 atom stereocenters. The second kappa shape index (κ2) is 13.8. The van der Waals surface area contributed by atoms with Crippen LogP contribution in [0.4, 0.5) is 16.2 Å². The summed E-state index contributed by atoms with van der Waals surface area (Å²) in [6, 6.07) is 14.7. The lowest BCUT2D eigenvalue weighted by atomic mass is 9.77. The van der Waals surface area contributed by atoms with Crippen LogP contribution in [0, 0.1) is 0 Å². The van der Waals surface area contributed by atoms with Gasteiger partial charge in [-0.3, -0.25) is 14.6 Å². The first-order valence-electron chi connectivity index (χ1n) is 15.2. The van der Waals surface area contributed by atoms with Crippen molar-refractivity contribution in [1.82, 2.24) is 4.90 Å². The van der Waals surface area contributed by atoms with Crippen LogP contribution < -0.4 is 14.5 Å². The lowest BCUT2D eigenvalue weighted by Gasteiger charge is -2.38. The maximum absolute atomic E-state index is 13.0. The molecule has 0 saturated carbocycles. The van der Waals surface area contributed by atoms with E-state index in [9.17, 15) is 9.59 Å². The minimum Gasteiger partial charge on any atom is -0.494 e. The Hall–Kier alpha value is -3.30. The maximum atomic E-state index is 13.0. The molecule has 5 rings (SSSR count). The van der Waals surface area contributed by atoms with Crippen molar-refractivity contribution in [3.63, 3.8) is 0 Å². The Morgan fingerprint density at radius 3 is 2.60 bits per heavy atom. The number of piperazine rings is 1. The third kappa shape index (κ3) is 7.18. The molecule has 8 nitrogen and oxygen atoms in total. The highest BCUT2D eigenvalue weighted by Gasteiger charge is 2.37. The highest BCUT2D eigenvalue weighted by Crippen LogP contribution is 2.42. The molecule has 3 heterocycles. The van der Waals surface area contributed by atoms with Gasteiger partial charge in [0.15, 0.2) is 6.73 Å². The third-order valence-electron chi connectivity index (χ3n) is 8.24. The largest absolute Gasteiger partial charge is 0.510 e. The van der Waals surface area contributed by atoms with Crippen LogP contribution in [-0.4, -0.2) is 69.6 Å². The van der Waals surface area contributed by atoms with E-state index < -0.39 is 6.16 Å². The Kier molecular flexibility index (Phi) is 9.90. The topological polar surface area (TPSA) is 71.5 Å². The number of unbranched alkanes of at least 4 members (excludes halogenated alkanes) is 2. The molecule has 3 aromatic rings. The number of carbonyl (C=O) groups is 2. The van der Waals surface area contributed by atoms with Crippen molar-refractivity contribution in [2.75, 3.05) is 62.5 Å². The monoisotopic (exact) mass is 593 g/mol. The Morgan fingerprint density at radius 1 is 0.952 bits per heavy atom. The van der Waals surface area contributed by atoms with Crippen molar-refractivity contribution in [2.45, 2.75) is 58.3 Å². The summed E-state index contributed by atoms with van der Waals surface area (Å²) in [4.78, 5) is 31.6. The molecule has 1 saturated heterocycles. The Labute approximate surface area is 253 Å². The van der Waals surface area contributed by atoms with Gasteiger partial charge in [0.25, 0.3) is 0 Å². The number of thiophene rings is 1. The van der Waals surface area contributed by atoms with Gasteiger partial charge in [0.1, 0.15) is 5.75 Å². The van der Waals surface area contributed by atoms with Gasteiger partial charge < -0.3 is 19.1 Å². The normalized spacial score (nSPS) is 16.9. The van der Waals surface area contributed by atoms with Gasteiger partial charge in [-0.2, -0.15) is 0 Å². The molecular weight excluding hydrogens is 550 g/mol. The number of amides is 1. The molecule has 0 bridgehead atoms. The molecule has 9 heteroatoms. The number of carbonyl (C=O) groups excluding carboxylic acids is 2. The molecule has 0 N–H and O–H groups in total. The highest BCUT2D eigenvalue weighted by molar-refractivity contribution is 7.17. The van der Waals surface area contributed by atoms with Gasteiger partial charge in [0.2, 0.25) is 5.91 Å². The first-order chi connectivity index (χ1) is 20.4. The Morgan fingerprint density at radius 2 is 1.79 bits per heavy atom. The van der Waals surface area contributed by atoms with Crippen LogP contribution in [0.25, 0.3) is 10.1 Å². The molecule has 1 amide bonds. The van der Waals surface area contributed by atoms with Crippen LogP contribution in [0.1, 0.15) is 58.4 Å².